The Balaban J connectivity index is 1.33. The highest BCUT2D eigenvalue weighted by atomic mass is 32.2. The number of amides is 2. The number of carbonyl (C=O) groups is 2. The zero-order chi connectivity index (χ0) is 32.2. The van der Waals surface area contributed by atoms with Crippen LogP contribution in [0.25, 0.3) is 0 Å². The number of benzene rings is 2. The summed E-state index contributed by atoms with van der Waals surface area (Å²) in [6, 6.07) is 6.95. The standard InChI is InChI=1S/C31H29F5N4O4S/c1-38-15-19-13-21(9-10-22(19)30(38)41)39(16-20-8-7-18(14-37-20)17-5-3-2-4-6-17)31(42)23-11-12-40(23)45(43,44)29-27(35)25(33)24(32)26(34)28(29)36/h7-10,13-14,17,23H,2-6,11-12,15-16H2,1H3/t23-/m1/s1. The van der Waals surface area contributed by atoms with Gasteiger partial charge in [-0.1, -0.05) is 25.3 Å². The Labute approximate surface area is 256 Å². The molecule has 2 fully saturated rings. The molecule has 0 radical (unpaired) electrons. The predicted molar refractivity (Wildman–Crippen MR) is 152 cm³/mol. The molecule has 3 heterocycles. The van der Waals surface area contributed by atoms with Crippen molar-refractivity contribution in [3.05, 3.63) is 88.0 Å². The van der Waals surface area contributed by atoms with Gasteiger partial charge in [0.25, 0.3) is 5.91 Å². The van der Waals surface area contributed by atoms with E-state index in [-0.39, 0.29) is 32.0 Å². The number of pyridine rings is 1. The van der Waals surface area contributed by atoms with E-state index in [0.29, 0.717) is 32.7 Å². The number of hydrogen-bond acceptors (Lipinski definition) is 5. The van der Waals surface area contributed by atoms with Crippen molar-refractivity contribution in [2.75, 3.05) is 18.5 Å². The van der Waals surface area contributed by atoms with Crippen LogP contribution in [-0.2, 0) is 27.9 Å². The fraction of sp³-hybridized carbons (Fsp3) is 0.387. The van der Waals surface area contributed by atoms with Crippen LogP contribution in [0.5, 0.6) is 0 Å². The van der Waals surface area contributed by atoms with E-state index in [9.17, 15) is 40.0 Å². The Morgan fingerprint density at radius 1 is 0.933 bits per heavy atom. The number of fused-ring (bicyclic) bond motifs is 1. The van der Waals surface area contributed by atoms with E-state index in [1.165, 1.54) is 22.3 Å². The van der Waals surface area contributed by atoms with E-state index in [1.807, 2.05) is 6.07 Å². The summed E-state index contributed by atoms with van der Waals surface area (Å²) < 4.78 is 97.6. The molecule has 3 aromatic rings. The Morgan fingerprint density at radius 2 is 1.60 bits per heavy atom. The molecule has 8 nitrogen and oxygen atoms in total. The van der Waals surface area contributed by atoms with Gasteiger partial charge in [-0.3, -0.25) is 14.6 Å². The molecule has 0 spiro atoms. The van der Waals surface area contributed by atoms with E-state index >= 15 is 0 Å². The lowest BCUT2D eigenvalue weighted by Gasteiger charge is -2.41. The largest absolute Gasteiger partial charge is 0.337 e. The van der Waals surface area contributed by atoms with Crippen molar-refractivity contribution in [1.29, 1.82) is 0 Å². The highest BCUT2D eigenvalue weighted by Gasteiger charge is 2.48. The lowest BCUT2D eigenvalue weighted by atomic mass is 9.85. The van der Waals surface area contributed by atoms with Crippen molar-refractivity contribution in [2.24, 2.45) is 0 Å². The lowest BCUT2D eigenvalue weighted by molar-refractivity contribution is -0.125. The summed E-state index contributed by atoms with van der Waals surface area (Å²) >= 11 is 0. The van der Waals surface area contributed by atoms with Crippen LogP contribution in [0.15, 0.2) is 41.4 Å². The Hall–Kier alpha value is -3.91. The Bertz CT molecular complexity index is 1770. The van der Waals surface area contributed by atoms with Crippen molar-refractivity contribution >= 4 is 27.5 Å². The molecule has 0 N–H and O–H groups in total. The van der Waals surface area contributed by atoms with Gasteiger partial charge in [-0.05, 0) is 60.6 Å². The van der Waals surface area contributed by atoms with Gasteiger partial charge in [-0.15, -0.1) is 0 Å². The second kappa shape index (κ2) is 11.8. The van der Waals surface area contributed by atoms with Gasteiger partial charge in [0.1, 0.15) is 6.04 Å². The van der Waals surface area contributed by atoms with Crippen LogP contribution in [0.4, 0.5) is 27.6 Å². The van der Waals surface area contributed by atoms with Gasteiger partial charge >= 0.3 is 0 Å². The SMILES string of the molecule is CN1Cc2cc(N(Cc3ccc(C4CCCCC4)cn3)C(=O)[C@H]3CCN3S(=O)(=O)c3c(F)c(F)c(F)c(F)c3F)ccc2C1=O. The van der Waals surface area contributed by atoms with Gasteiger partial charge in [0.05, 0.1) is 12.2 Å². The molecular weight excluding hydrogens is 619 g/mol. The van der Waals surface area contributed by atoms with Gasteiger partial charge in [-0.25, -0.2) is 30.4 Å². The summed E-state index contributed by atoms with van der Waals surface area (Å²) in [6.45, 7) is -0.217. The maximum absolute atomic E-state index is 14.6. The predicted octanol–water partition coefficient (Wildman–Crippen LogP) is 5.41. The molecule has 0 bridgehead atoms. The zero-order valence-electron chi connectivity index (χ0n) is 24.2. The molecule has 238 valence electrons. The molecule has 1 saturated carbocycles. The zero-order valence-corrected chi connectivity index (χ0v) is 25.0. The third-order valence-corrected chi connectivity index (χ3v) is 10.8. The van der Waals surface area contributed by atoms with Crippen LogP contribution < -0.4 is 4.90 Å². The van der Waals surface area contributed by atoms with E-state index in [1.54, 1.807) is 31.4 Å². The van der Waals surface area contributed by atoms with Gasteiger partial charge < -0.3 is 9.80 Å². The lowest BCUT2D eigenvalue weighted by Crippen LogP contribution is -2.59. The van der Waals surface area contributed by atoms with Crippen molar-refractivity contribution in [1.82, 2.24) is 14.2 Å². The maximum atomic E-state index is 14.6. The number of hydrogen-bond donors (Lipinski definition) is 0. The molecule has 2 aromatic carbocycles. The van der Waals surface area contributed by atoms with Crippen LogP contribution in [0.1, 0.15) is 71.6 Å². The first kappa shape index (κ1) is 31.1. The van der Waals surface area contributed by atoms with E-state index in [2.05, 4.69) is 4.98 Å². The average Bonchev–Trinajstić information content (AvgIpc) is 3.29. The second-order valence-electron chi connectivity index (χ2n) is 11.7. The third-order valence-electron chi connectivity index (χ3n) is 8.89. The summed E-state index contributed by atoms with van der Waals surface area (Å²) in [5, 5.41) is 0. The quantitative estimate of drug-likeness (QED) is 0.194. The molecule has 1 atom stereocenters. The molecule has 14 heteroatoms. The molecular formula is C31H29F5N4O4S. The minimum Gasteiger partial charge on any atom is -0.337 e. The highest BCUT2D eigenvalue weighted by Crippen LogP contribution is 2.36. The molecule has 6 rings (SSSR count). The number of halogens is 5. The van der Waals surface area contributed by atoms with Crippen LogP contribution in [0.3, 0.4) is 0 Å². The molecule has 1 aromatic heterocycles. The smallest absolute Gasteiger partial charge is 0.254 e. The fourth-order valence-corrected chi connectivity index (χ4v) is 8.04. The van der Waals surface area contributed by atoms with Gasteiger partial charge in [-0.2, -0.15) is 4.31 Å². The molecule has 45 heavy (non-hydrogen) atoms. The molecule has 0 unspecified atom stereocenters. The number of sulfonamides is 1. The summed E-state index contributed by atoms with van der Waals surface area (Å²) in [5.41, 5.74) is 2.96. The summed E-state index contributed by atoms with van der Waals surface area (Å²) in [5.74, 6) is -12.9. The number of anilines is 1. The molecule has 2 amide bonds. The van der Waals surface area contributed by atoms with Gasteiger partial charge in [0, 0.05) is 37.6 Å². The van der Waals surface area contributed by atoms with Crippen LogP contribution in [0, 0.1) is 29.1 Å². The topological polar surface area (TPSA) is 90.9 Å². The number of carbonyl (C=O) groups excluding carboxylic acids is 2. The fourth-order valence-electron chi connectivity index (χ4n) is 6.29. The van der Waals surface area contributed by atoms with Crippen LogP contribution in [-0.4, -0.2) is 54.1 Å². The van der Waals surface area contributed by atoms with E-state index in [0.717, 1.165) is 31.2 Å². The molecule has 3 aliphatic rings. The molecule has 1 saturated heterocycles. The third kappa shape index (κ3) is 5.37. The van der Waals surface area contributed by atoms with Crippen molar-refractivity contribution < 1.29 is 40.0 Å². The number of rotatable bonds is 7. The molecule has 1 aliphatic carbocycles. The average molecular weight is 649 g/mol. The minimum atomic E-state index is -5.33. The van der Waals surface area contributed by atoms with Crippen LogP contribution >= 0.6 is 0 Å². The Kier molecular flexibility index (Phi) is 8.14. The summed E-state index contributed by atoms with van der Waals surface area (Å²) in [7, 11) is -3.70. The van der Waals surface area contributed by atoms with Gasteiger partial charge in [0.2, 0.25) is 21.7 Å². The monoisotopic (exact) mass is 648 g/mol. The van der Waals surface area contributed by atoms with Crippen molar-refractivity contribution in [3.8, 4) is 0 Å². The minimum absolute atomic E-state index is 0.0653. The first-order chi connectivity index (χ1) is 21.4. The maximum Gasteiger partial charge on any atom is 0.254 e. The summed E-state index contributed by atoms with van der Waals surface area (Å²) in [6.07, 6.45) is 7.27. The normalized spacial score (nSPS) is 19.0. The van der Waals surface area contributed by atoms with E-state index in [4.69, 9.17) is 0 Å². The number of aromatic nitrogens is 1. The first-order valence-corrected chi connectivity index (χ1v) is 16.0. The van der Waals surface area contributed by atoms with Gasteiger partial charge in [0.15, 0.2) is 28.2 Å². The first-order valence-electron chi connectivity index (χ1n) is 14.6. The van der Waals surface area contributed by atoms with Crippen molar-refractivity contribution in [3.63, 3.8) is 0 Å². The highest BCUT2D eigenvalue weighted by molar-refractivity contribution is 7.89. The van der Waals surface area contributed by atoms with Crippen LogP contribution in [0.2, 0.25) is 0 Å². The summed E-state index contributed by atoms with van der Waals surface area (Å²) in [4.78, 5) is 31.8. The molecule has 2 aliphatic heterocycles. The van der Waals surface area contributed by atoms with E-state index < -0.39 is 56.0 Å². The van der Waals surface area contributed by atoms with Crippen molar-refractivity contribution in [2.45, 2.75) is 68.5 Å². The second-order valence-corrected chi connectivity index (χ2v) is 13.5. The number of nitrogens with zero attached hydrogens (tertiary/aromatic N) is 4. The Morgan fingerprint density at radius 3 is 2.20 bits per heavy atom.